The molecule has 4 heteroatoms. The summed E-state index contributed by atoms with van der Waals surface area (Å²) in [5.74, 6) is 0. The molecule has 1 N–H and O–H groups in total. The molecule has 2 aromatic rings. The van der Waals surface area contributed by atoms with Crippen LogP contribution in [0.3, 0.4) is 0 Å². The molecule has 0 unspecified atom stereocenters. The minimum Gasteiger partial charge on any atom is -0.396 e. The van der Waals surface area contributed by atoms with Gasteiger partial charge in [0.2, 0.25) is 0 Å². The number of hydrogen-bond donors (Lipinski definition) is 1. The van der Waals surface area contributed by atoms with Crippen molar-refractivity contribution in [1.82, 2.24) is 0 Å². The van der Waals surface area contributed by atoms with Crippen molar-refractivity contribution < 1.29 is 19.3 Å². The van der Waals surface area contributed by atoms with Gasteiger partial charge in [-0.05, 0) is 30.4 Å². The maximum atomic E-state index is 9.32. The van der Waals surface area contributed by atoms with E-state index < -0.39 is 0 Å². The molecule has 0 amide bonds. The van der Waals surface area contributed by atoms with Gasteiger partial charge in [-0.15, -0.1) is 6.58 Å². The third-order valence-electron chi connectivity index (χ3n) is 5.40. The lowest BCUT2D eigenvalue weighted by Crippen LogP contribution is -2.31. The molecule has 4 nitrogen and oxygen atoms in total. The molecule has 0 bridgehead atoms. The fraction of sp³-hybridized carbons (Fsp3) is 0.440. The second-order valence-electron chi connectivity index (χ2n) is 7.70. The number of aliphatic hydroxyl groups excluding tert-OH is 1. The summed E-state index contributed by atoms with van der Waals surface area (Å²) in [7, 11) is 0. The monoisotopic (exact) mass is 396 g/mol. The van der Waals surface area contributed by atoms with E-state index in [-0.39, 0.29) is 24.4 Å². The first-order valence-electron chi connectivity index (χ1n) is 10.4. The standard InChI is InChI=1S/C25H32O4/c1-2-14-25(15-9-16-26)17-23(28-19-22-12-7-4-8-13-22)24(29-25)20-27-18-21-10-5-3-6-11-21/h2-8,10-13,23-24,26H,1,9,14-20H2/t23-,24+,25-/m0/s1. The van der Waals surface area contributed by atoms with Crippen LogP contribution in [0.1, 0.15) is 36.8 Å². The average Bonchev–Trinajstić information content (AvgIpc) is 3.10. The lowest BCUT2D eigenvalue weighted by molar-refractivity contribution is -0.101. The van der Waals surface area contributed by atoms with Crippen LogP contribution in [0.15, 0.2) is 73.3 Å². The Bertz CT molecular complexity index is 718. The van der Waals surface area contributed by atoms with Gasteiger partial charge in [-0.3, -0.25) is 0 Å². The molecule has 1 heterocycles. The zero-order valence-corrected chi connectivity index (χ0v) is 17.0. The number of benzene rings is 2. The molecule has 1 fully saturated rings. The summed E-state index contributed by atoms with van der Waals surface area (Å²) in [6.45, 7) is 5.65. The van der Waals surface area contributed by atoms with Gasteiger partial charge in [0.05, 0.1) is 31.5 Å². The Morgan fingerprint density at radius 1 is 1.03 bits per heavy atom. The van der Waals surface area contributed by atoms with E-state index in [1.807, 2.05) is 42.5 Å². The summed E-state index contributed by atoms with van der Waals surface area (Å²) in [6.07, 6.45) is 4.73. The predicted molar refractivity (Wildman–Crippen MR) is 114 cm³/mol. The molecule has 156 valence electrons. The van der Waals surface area contributed by atoms with Crippen molar-refractivity contribution in [3.8, 4) is 0 Å². The molecule has 0 spiro atoms. The van der Waals surface area contributed by atoms with Crippen LogP contribution in [-0.4, -0.2) is 36.1 Å². The number of aliphatic hydroxyl groups is 1. The van der Waals surface area contributed by atoms with Crippen molar-refractivity contribution in [3.05, 3.63) is 84.4 Å². The van der Waals surface area contributed by atoms with E-state index >= 15 is 0 Å². The second-order valence-corrected chi connectivity index (χ2v) is 7.70. The Balaban J connectivity index is 1.63. The Kier molecular flexibility index (Phi) is 8.44. The zero-order chi connectivity index (χ0) is 20.4. The number of ether oxygens (including phenoxy) is 3. The van der Waals surface area contributed by atoms with Crippen molar-refractivity contribution in [3.63, 3.8) is 0 Å². The minimum absolute atomic E-state index is 0.0513. The summed E-state index contributed by atoms with van der Waals surface area (Å²) in [5.41, 5.74) is 1.95. The maximum absolute atomic E-state index is 9.32. The van der Waals surface area contributed by atoms with Crippen LogP contribution >= 0.6 is 0 Å². The fourth-order valence-corrected chi connectivity index (χ4v) is 3.95. The van der Waals surface area contributed by atoms with Gasteiger partial charge in [-0.2, -0.15) is 0 Å². The van der Waals surface area contributed by atoms with E-state index in [4.69, 9.17) is 14.2 Å². The van der Waals surface area contributed by atoms with Gasteiger partial charge in [0.15, 0.2) is 0 Å². The average molecular weight is 397 g/mol. The van der Waals surface area contributed by atoms with E-state index in [9.17, 15) is 5.11 Å². The van der Waals surface area contributed by atoms with Crippen LogP contribution in [0.4, 0.5) is 0 Å². The Labute approximate surface area is 174 Å². The van der Waals surface area contributed by atoms with Crippen molar-refractivity contribution in [2.24, 2.45) is 0 Å². The lowest BCUT2D eigenvalue weighted by Gasteiger charge is -2.28. The van der Waals surface area contributed by atoms with Gasteiger partial charge in [0, 0.05) is 13.0 Å². The van der Waals surface area contributed by atoms with Crippen LogP contribution in [0, 0.1) is 0 Å². The highest BCUT2D eigenvalue weighted by Crippen LogP contribution is 2.39. The summed E-state index contributed by atoms with van der Waals surface area (Å²) < 4.78 is 18.8. The van der Waals surface area contributed by atoms with Gasteiger partial charge < -0.3 is 19.3 Å². The van der Waals surface area contributed by atoms with Gasteiger partial charge in [-0.1, -0.05) is 66.7 Å². The van der Waals surface area contributed by atoms with E-state index in [1.54, 1.807) is 0 Å². The van der Waals surface area contributed by atoms with Crippen molar-refractivity contribution in [1.29, 1.82) is 0 Å². The number of rotatable bonds is 12. The first kappa shape index (κ1) is 21.7. The Morgan fingerprint density at radius 2 is 1.69 bits per heavy atom. The molecule has 0 radical (unpaired) electrons. The summed E-state index contributed by atoms with van der Waals surface area (Å²) in [5, 5.41) is 9.32. The molecule has 0 aliphatic carbocycles. The van der Waals surface area contributed by atoms with Crippen molar-refractivity contribution in [2.75, 3.05) is 13.2 Å². The lowest BCUT2D eigenvalue weighted by atomic mass is 9.89. The van der Waals surface area contributed by atoms with Crippen molar-refractivity contribution in [2.45, 2.75) is 56.7 Å². The molecule has 1 aliphatic rings. The highest BCUT2D eigenvalue weighted by Gasteiger charge is 2.46. The van der Waals surface area contributed by atoms with Crippen LogP contribution < -0.4 is 0 Å². The molecular weight excluding hydrogens is 364 g/mol. The molecule has 2 aromatic carbocycles. The molecule has 3 atom stereocenters. The van der Waals surface area contributed by atoms with Gasteiger partial charge >= 0.3 is 0 Å². The Morgan fingerprint density at radius 3 is 2.31 bits per heavy atom. The van der Waals surface area contributed by atoms with Crippen LogP contribution in [-0.2, 0) is 27.4 Å². The fourth-order valence-electron chi connectivity index (χ4n) is 3.95. The van der Waals surface area contributed by atoms with Crippen molar-refractivity contribution >= 4 is 0 Å². The smallest absolute Gasteiger partial charge is 0.108 e. The molecular formula is C25H32O4. The van der Waals surface area contributed by atoms with Gasteiger partial charge in [0.25, 0.3) is 0 Å². The molecule has 0 aromatic heterocycles. The zero-order valence-electron chi connectivity index (χ0n) is 17.0. The molecule has 1 saturated heterocycles. The highest BCUT2D eigenvalue weighted by atomic mass is 16.6. The number of hydrogen-bond acceptors (Lipinski definition) is 4. The van der Waals surface area contributed by atoms with Crippen LogP contribution in [0.5, 0.6) is 0 Å². The molecule has 1 aliphatic heterocycles. The van der Waals surface area contributed by atoms with Crippen LogP contribution in [0.2, 0.25) is 0 Å². The van der Waals surface area contributed by atoms with Gasteiger partial charge in [-0.25, -0.2) is 0 Å². The minimum atomic E-state index is -0.341. The Hall–Kier alpha value is -1.98. The molecule has 29 heavy (non-hydrogen) atoms. The SMILES string of the molecule is C=CC[C@]1(CCCO)C[C@H](OCc2ccccc2)[C@@H](COCc2ccccc2)O1. The summed E-state index contributed by atoms with van der Waals surface area (Å²) in [4.78, 5) is 0. The molecule has 0 saturated carbocycles. The summed E-state index contributed by atoms with van der Waals surface area (Å²) >= 11 is 0. The first-order valence-corrected chi connectivity index (χ1v) is 10.4. The second kappa shape index (κ2) is 11.3. The van der Waals surface area contributed by atoms with E-state index in [0.717, 1.165) is 30.4 Å². The first-order chi connectivity index (χ1) is 14.2. The predicted octanol–water partition coefficient (Wildman–Crippen LogP) is 4.66. The van der Waals surface area contributed by atoms with E-state index in [0.29, 0.717) is 26.2 Å². The maximum Gasteiger partial charge on any atom is 0.108 e. The molecule has 3 rings (SSSR count). The van der Waals surface area contributed by atoms with E-state index in [1.165, 1.54) is 0 Å². The quantitative estimate of drug-likeness (QED) is 0.530. The summed E-state index contributed by atoms with van der Waals surface area (Å²) in [6, 6.07) is 20.3. The van der Waals surface area contributed by atoms with Crippen LogP contribution in [0.25, 0.3) is 0 Å². The third-order valence-corrected chi connectivity index (χ3v) is 5.40. The van der Waals surface area contributed by atoms with E-state index in [2.05, 4.69) is 30.8 Å². The topological polar surface area (TPSA) is 47.9 Å². The normalized spacial score (nSPS) is 23.9. The largest absolute Gasteiger partial charge is 0.396 e. The highest BCUT2D eigenvalue weighted by molar-refractivity contribution is 5.14. The van der Waals surface area contributed by atoms with Gasteiger partial charge in [0.1, 0.15) is 6.10 Å². The third kappa shape index (κ3) is 6.51.